The van der Waals surface area contributed by atoms with Gasteiger partial charge in [0.1, 0.15) is 57.3 Å². The van der Waals surface area contributed by atoms with Crippen LogP contribution in [0.25, 0.3) is 6.08 Å². The second kappa shape index (κ2) is 8.83. The SMILES string of the molecule is CC(=O)c1c(O)c(C)c(O)c(Cc2c3c(c(O)c4c2OC(c2ccccc2)CC4=O)C=CC(C)(C)O3)c1O. The number of phenolic OH excluding ortho intramolecular Hbond substituents is 4. The van der Waals surface area contributed by atoms with E-state index in [1.165, 1.54) is 13.8 Å². The zero-order chi connectivity index (χ0) is 27.5. The predicted octanol–water partition coefficient (Wildman–Crippen LogP) is 5.50. The zero-order valence-corrected chi connectivity index (χ0v) is 21.5. The Kier molecular flexibility index (Phi) is 5.86. The number of fused-ring (bicyclic) bond motifs is 2. The van der Waals surface area contributed by atoms with E-state index in [0.29, 0.717) is 5.56 Å². The van der Waals surface area contributed by atoms with Gasteiger partial charge in [-0.1, -0.05) is 30.3 Å². The fourth-order valence-corrected chi connectivity index (χ4v) is 5.05. The number of Topliss-reactive ketones (excluding diaryl/α,β-unsaturated/α-hetero) is 2. The van der Waals surface area contributed by atoms with E-state index in [9.17, 15) is 30.0 Å². The van der Waals surface area contributed by atoms with Gasteiger partial charge in [-0.15, -0.1) is 0 Å². The van der Waals surface area contributed by atoms with Crippen LogP contribution < -0.4 is 9.47 Å². The van der Waals surface area contributed by atoms with E-state index in [1.54, 1.807) is 12.2 Å². The van der Waals surface area contributed by atoms with Crippen LogP contribution in [0.5, 0.6) is 34.5 Å². The molecular formula is C30H28O8. The third kappa shape index (κ3) is 3.93. The van der Waals surface area contributed by atoms with Crippen molar-refractivity contribution in [2.45, 2.75) is 52.2 Å². The molecule has 196 valence electrons. The van der Waals surface area contributed by atoms with E-state index in [4.69, 9.17) is 9.47 Å². The predicted molar refractivity (Wildman–Crippen MR) is 140 cm³/mol. The summed E-state index contributed by atoms with van der Waals surface area (Å²) >= 11 is 0. The normalized spacial score (nSPS) is 17.3. The summed E-state index contributed by atoms with van der Waals surface area (Å²) in [6.45, 7) is 6.26. The summed E-state index contributed by atoms with van der Waals surface area (Å²) in [4.78, 5) is 25.7. The summed E-state index contributed by atoms with van der Waals surface area (Å²) in [5, 5.41) is 43.5. The second-order valence-corrected chi connectivity index (χ2v) is 10.2. The molecule has 8 heteroatoms. The number of ketones is 2. The van der Waals surface area contributed by atoms with E-state index in [-0.39, 0.29) is 63.7 Å². The van der Waals surface area contributed by atoms with E-state index in [1.807, 2.05) is 44.2 Å². The Morgan fingerprint density at radius 2 is 1.66 bits per heavy atom. The maximum Gasteiger partial charge on any atom is 0.174 e. The minimum atomic E-state index is -0.778. The van der Waals surface area contributed by atoms with E-state index in [0.717, 1.165) is 5.56 Å². The smallest absolute Gasteiger partial charge is 0.174 e. The van der Waals surface area contributed by atoms with Crippen LogP contribution in [0, 0.1) is 6.92 Å². The van der Waals surface area contributed by atoms with E-state index < -0.39 is 34.7 Å². The van der Waals surface area contributed by atoms with Gasteiger partial charge in [-0.3, -0.25) is 9.59 Å². The van der Waals surface area contributed by atoms with Gasteiger partial charge in [0.15, 0.2) is 11.6 Å². The maximum atomic E-state index is 13.4. The van der Waals surface area contributed by atoms with Crippen LogP contribution in [-0.2, 0) is 6.42 Å². The van der Waals surface area contributed by atoms with Gasteiger partial charge in [0.05, 0.1) is 12.0 Å². The molecule has 8 nitrogen and oxygen atoms in total. The van der Waals surface area contributed by atoms with Crippen LogP contribution in [0.1, 0.15) is 81.8 Å². The Morgan fingerprint density at radius 3 is 2.32 bits per heavy atom. The quantitative estimate of drug-likeness (QED) is 0.334. The van der Waals surface area contributed by atoms with Gasteiger partial charge in [-0.25, -0.2) is 0 Å². The number of carbonyl (C=O) groups is 2. The zero-order valence-electron chi connectivity index (χ0n) is 21.5. The molecule has 2 heterocycles. The molecule has 1 atom stereocenters. The summed E-state index contributed by atoms with van der Waals surface area (Å²) in [5.74, 6) is -2.40. The number of aromatic hydroxyl groups is 4. The largest absolute Gasteiger partial charge is 0.507 e. The first kappa shape index (κ1) is 25.2. The Labute approximate surface area is 219 Å². The lowest BCUT2D eigenvalue weighted by atomic mass is 9.86. The Hall–Kier alpha value is -4.46. The number of phenols is 4. The van der Waals surface area contributed by atoms with Gasteiger partial charge in [-0.05, 0) is 45.4 Å². The summed E-state index contributed by atoms with van der Waals surface area (Å²) in [7, 11) is 0. The number of carbonyl (C=O) groups excluding carboxylic acids is 2. The van der Waals surface area contributed by atoms with Crippen LogP contribution in [0.4, 0.5) is 0 Å². The van der Waals surface area contributed by atoms with Crippen LogP contribution in [0.15, 0.2) is 36.4 Å². The first-order valence-electron chi connectivity index (χ1n) is 12.2. The van der Waals surface area contributed by atoms with Gasteiger partial charge < -0.3 is 29.9 Å². The molecule has 0 aromatic heterocycles. The highest BCUT2D eigenvalue weighted by Gasteiger charge is 2.39. The number of ether oxygens (including phenoxy) is 2. The summed E-state index contributed by atoms with van der Waals surface area (Å²) < 4.78 is 12.6. The van der Waals surface area contributed by atoms with Crippen molar-refractivity contribution >= 4 is 17.6 Å². The summed E-state index contributed by atoms with van der Waals surface area (Å²) in [6, 6.07) is 9.19. The third-order valence-corrected chi connectivity index (χ3v) is 7.07. The molecule has 2 aliphatic heterocycles. The number of rotatable bonds is 4. The second-order valence-electron chi connectivity index (χ2n) is 10.2. The van der Waals surface area contributed by atoms with Crippen molar-refractivity contribution in [3.8, 4) is 34.5 Å². The molecule has 2 aliphatic rings. The molecule has 0 saturated carbocycles. The molecule has 0 spiro atoms. The van der Waals surface area contributed by atoms with Crippen molar-refractivity contribution in [2.75, 3.05) is 0 Å². The average Bonchev–Trinajstić information content (AvgIpc) is 2.86. The van der Waals surface area contributed by atoms with Crippen molar-refractivity contribution in [3.05, 3.63) is 75.4 Å². The molecule has 0 radical (unpaired) electrons. The Balaban J connectivity index is 1.78. The fraction of sp³-hybridized carbons (Fsp3) is 0.267. The van der Waals surface area contributed by atoms with Gasteiger partial charge in [0, 0.05) is 23.1 Å². The van der Waals surface area contributed by atoms with Crippen LogP contribution in [-0.4, -0.2) is 37.6 Å². The van der Waals surface area contributed by atoms with Crippen LogP contribution >= 0.6 is 0 Å². The lowest BCUT2D eigenvalue weighted by Gasteiger charge is -2.34. The number of hydrogen-bond acceptors (Lipinski definition) is 8. The molecule has 3 aromatic carbocycles. The molecule has 0 fully saturated rings. The molecule has 0 bridgehead atoms. The molecule has 0 saturated heterocycles. The molecule has 38 heavy (non-hydrogen) atoms. The average molecular weight is 517 g/mol. The Bertz CT molecular complexity index is 1530. The molecule has 1 unspecified atom stereocenters. The minimum Gasteiger partial charge on any atom is -0.507 e. The maximum absolute atomic E-state index is 13.4. The first-order valence-corrected chi connectivity index (χ1v) is 12.2. The first-order chi connectivity index (χ1) is 17.9. The summed E-state index contributed by atoms with van der Waals surface area (Å²) in [6.07, 6.45) is 2.55. The third-order valence-electron chi connectivity index (χ3n) is 7.07. The lowest BCUT2D eigenvalue weighted by molar-refractivity contribution is 0.0839. The standard InChI is InChI=1S/C30H28O8/c1-14-24(33)18(27(36)22(15(2)31)25(14)34)12-19-28-17(10-11-30(3,4)38-28)26(35)23-20(32)13-21(37-29(19)23)16-8-6-5-7-9-16/h5-11,21,33-36H,12-13H2,1-4H3. The van der Waals surface area contributed by atoms with Gasteiger partial charge >= 0.3 is 0 Å². The molecule has 3 aromatic rings. The summed E-state index contributed by atoms with van der Waals surface area (Å²) in [5.41, 5.74) is 0.204. The number of benzene rings is 3. The molecule has 5 rings (SSSR count). The van der Waals surface area contributed by atoms with Crippen molar-refractivity contribution in [3.63, 3.8) is 0 Å². The highest BCUT2D eigenvalue weighted by molar-refractivity contribution is 6.05. The molecule has 0 amide bonds. The lowest BCUT2D eigenvalue weighted by Crippen LogP contribution is -2.30. The van der Waals surface area contributed by atoms with E-state index in [2.05, 4.69) is 0 Å². The molecule has 0 aliphatic carbocycles. The minimum absolute atomic E-state index is 0.00215. The topological polar surface area (TPSA) is 134 Å². The molecule has 4 N–H and O–H groups in total. The highest BCUT2D eigenvalue weighted by Crippen LogP contribution is 2.53. The molecular weight excluding hydrogens is 488 g/mol. The van der Waals surface area contributed by atoms with Gasteiger partial charge in [0.25, 0.3) is 0 Å². The Morgan fingerprint density at radius 1 is 0.974 bits per heavy atom. The fourth-order valence-electron chi connectivity index (χ4n) is 5.05. The van der Waals surface area contributed by atoms with Crippen molar-refractivity contribution in [2.24, 2.45) is 0 Å². The van der Waals surface area contributed by atoms with E-state index >= 15 is 0 Å². The highest BCUT2D eigenvalue weighted by atomic mass is 16.5. The van der Waals surface area contributed by atoms with Crippen LogP contribution in [0.2, 0.25) is 0 Å². The number of hydrogen-bond donors (Lipinski definition) is 4. The van der Waals surface area contributed by atoms with Crippen molar-refractivity contribution < 1.29 is 39.5 Å². The van der Waals surface area contributed by atoms with Crippen molar-refractivity contribution in [1.82, 2.24) is 0 Å². The van der Waals surface area contributed by atoms with Gasteiger partial charge in [-0.2, -0.15) is 0 Å². The van der Waals surface area contributed by atoms with Crippen molar-refractivity contribution in [1.29, 1.82) is 0 Å². The van der Waals surface area contributed by atoms with Crippen LogP contribution in [0.3, 0.4) is 0 Å². The van der Waals surface area contributed by atoms with Gasteiger partial charge in [0.2, 0.25) is 0 Å². The monoisotopic (exact) mass is 516 g/mol.